The van der Waals surface area contributed by atoms with Gasteiger partial charge in [-0.15, -0.1) is 0 Å². The molecule has 1 amide bonds. The Morgan fingerprint density at radius 3 is 2.67 bits per heavy atom. The van der Waals surface area contributed by atoms with Crippen LogP contribution in [0.25, 0.3) is 0 Å². The molecule has 0 radical (unpaired) electrons. The molecule has 0 atom stereocenters. The minimum atomic E-state index is -0.607. The van der Waals surface area contributed by atoms with Crippen molar-refractivity contribution < 1.29 is 9.18 Å². The van der Waals surface area contributed by atoms with Crippen molar-refractivity contribution in [2.75, 3.05) is 5.32 Å². The van der Waals surface area contributed by atoms with E-state index in [0.717, 1.165) is 30.5 Å². The van der Waals surface area contributed by atoms with Crippen LogP contribution in [0.4, 0.5) is 10.1 Å². The molecule has 2 aromatic carbocycles. The number of fused-ring (bicyclic) bond motifs is 1. The molecule has 0 bridgehead atoms. The molecule has 21 heavy (non-hydrogen) atoms. The summed E-state index contributed by atoms with van der Waals surface area (Å²) in [7, 11) is 0. The van der Waals surface area contributed by atoms with Crippen LogP contribution < -0.4 is 5.32 Å². The third-order valence-electron chi connectivity index (χ3n) is 3.83. The fraction of sp³-hybridized carbons (Fsp3) is 0.235. The van der Waals surface area contributed by atoms with E-state index in [9.17, 15) is 9.18 Å². The maximum absolute atomic E-state index is 13.8. The summed E-state index contributed by atoms with van der Waals surface area (Å²) in [6, 6.07) is 10.1. The quantitative estimate of drug-likeness (QED) is 0.862. The molecule has 2 aromatic rings. The topological polar surface area (TPSA) is 29.1 Å². The maximum atomic E-state index is 13.8. The molecule has 4 heteroatoms. The molecule has 0 aliphatic heterocycles. The van der Waals surface area contributed by atoms with E-state index in [1.54, 1.807) is 0 Å². The number of carbonyl (C=O) groups excluding carboxylic acids is 1. The van der Waals surface area contributed by atoms with Gasteiger partial charge in [-0.2, -0.15) is 0 Å². The normalized spacial score (nSPS) is 13.6. The van der Waals surface area contributed by atoms with Crippen molar-refractivity contribution in [3.8, 4) is 0 Å². The van der Waals surface area contributed by atoms with Crippen molar-refractivity contribution in [2.45, 2.75) is 25.7 Å². The molecule has 0 spiro atoms. The second kappa shape index (κ2) is 5.86. The molecule has 0 fully saturated rings. The zero-order valence-corrected chi connectivity index (χ0v) is 12.2. The molecule has 0 heterocycles. The third kappa shape index (κ3) is 2.79. The molecule has 0 aromatic heterocycles. The summed E-state index contributed by atoms with van der Waals surface area (Å²) in [5.41, 5.74) is 3.08. The lowest BCUT2D eigenvalue weighted by Gasteiger charge is -2.19. The second-order valence-electron chi connectivity index (χ2n) is 5.20. The van der Waals surface area contributed by atoms with E-state index >= 15 is 0 Å². The Morgan fingerprint density at radius 2 is 1.86 bits per heavy atom. The Morgan fingerprint density at radius 1 is 1.10 bits per heavy atom. The van der Waals surface area contributed by atoms with E-state index in [0.29, 0.717) is 0 Å². The van der Waals surface area contributed by atoms with Gasteiger partial charge >= 0.3 is 0 Å². The number of carbonyl (C=O) groups is 1. The van der Waals surface area contributed by atoms with Crippen LogP contribution in [0.5, 0.6) is 0 Å². The highest BCUT2D eigenvalue weighted by atomic mass is 35.5. The third-order valence-corrected chi connectivity index (χ3v) is 4.15. The van der Waals surface area contributed by atoms with Crippen LogP contribution in [0.2, 0.25) is 5.02 Å². The Labute approximate surface area is 127 Å². The van der Waals surface area contributed by atoms with E-state index in [1.165, 1.54) is 30.2 Å². The summed E-state index contributed by atoms with van der Waals surface area (Å²) in [5.74, 6) is -1.11. The summed E-state index contributed by atoms with van der Waals surface area (Å²) in [4.78, 5) is 12.3. The summed E-state index contributed by atoms with van der Waals surface area (Å²) >= 11 is 5.93. The predicted octanol–water partition coefficient (Wildman–Crippen LogP) is 4.61. The number of rotatable bonds is 2. The molecule has 0 unspecified atom stereocenters. The van der Waals surface area contributed by atoms with Crippen LogP contribution in [-0.2, 0) is 12.8 Å². The predicted molar refractivity (Wildman–Crippen MR) is 82.4 cm³/mol. The highest BCUT2D eigenvalue weighted by Gasteiger charge is 2.19. The van der Waals surface area contributed by atoms with Gasteiger partial charge in [0.1, 0.15) is 5.82 Å². The van der Waals surface area contributed by atoms with Crippen molar-refractivity contribution in [2.24, 2.45) is 0 Å². The van der Waals surface area contributed by atoms with Crippen LogP contribution in [-0.4, -0.2) is 5.91 Å². The zero-order chi connectivity index (χ0) is 14.8. The molecular formula is C17H15ClFNO. The van der Waals surface area contributed by atoms with E-state index in [1.807, 2.05) is 12.1 Å². The highest BCUT2D eigenvalue weighted by Crippen LogP contribution is 2.29. The summed E-state index contributed by atoms with van der Waals surface area (Å²) in [5, 5.41) is 2.93. The van der Waals surface area contributed by atoms with Crippen molar-refractivity contribution in [1.29, 1.82) is 0 Å². The van der Waals surface area contributed by atoms with Crippen LogP contribution in [0.1, 0.15) is 34.3 Å². The molecular weight excluding hydrogens is 289 g/mol. The van der Waals surface area contributed by atoms with Crippen molar-refractivity contribution >= 4 is 23.2 Å². The molecule has 108 valence electrons. The average molecular weight is 304 g/mol. The minimum Gasteiger partial charge on any atom is -0.322 e. The fourth-order valence-corrected chi connectivity index (χ4v) is 3.05. The van der Waals surface area contributed by atoms with Gasteiger partial charge in [-0.25, -0.2) is 4.39 Å². The second-order valence-corrected chi connectivity index (χ2v) is 5.61. The number of nitrogens with one attached hydrogen (secondary N) is 1. The largest absolute Gasteiger partial charge is 0.322 e. The minimum absolute atomic E-state index is 0.104. The van der Waals surface area contributed by atoms with Crippen LogP contribution >= 0.6 is 11.6 Å². The van der Waals surface area contributed by atoms with Gasteiger partial charge in [0.15, 0.2) is 0 Å². The monoisotopic (exact) mass is 303 g/mol. The van der Waals surface area contributed by atoms with E-state index < -0.39 is 11.7 Å². The summed E-state index contributed by atoms with van der Waals surface area (Å²) in [6.45, 7) is 0. The molecule has 1 aliphatic carbocycles. The van der Waals surface area contributed by atoms with E-state index in [-0.39, 0.29) is 10.6 Å². The fourth-order valence-electron chi connectivity index (χ4n) is 2.80. The number of benzene rings is 2. The first-order valence-electron chi connectivity index (χ1n) is 7.03. The van der Waals surface area contributed by atoms with Gasteiger partial charge in [0, 0.05) is 5.69 Å². The molecule has 0 saturated carbocycles. The number of aryl methyl sites for hydroxylation is 1. The Kier molecular flexibility index (Phi) is 3.93. The van der Waals surface area contributed by atoms with Gasteiger partial charge in [0.05, 0.1) is 10.6 Å². The van der Waals surface area contributed by atoms with Crippen molar-refractivity contribution in [3.05, 3.63) is 63.9 Å². The first-order valence-corrected chi connectivity index (χ1v) is 7.41. The van der Waals surface area contributed by atoms with Crippen LogP contribution in [0.3, 0.4) is 0 Å². The molecule has 3 rings (SSSR count). The number of anilines is 1. The number of halogens is 2. The Balaban J connectivity index is 1.92. The highest BCUT2D eigenvalue weighted by molar-refractivity contribution is 6.34. The standard InChI is InChI=1S/C17H15ClFNO/c18-13-8-4-9-14(19)16(13)17(21)20-15-10-3-6-11-5-1-2-7-12(11)15/h3-4,6,8-10H,1-2,5,7H2,(H,20,21). The summed E-state index contributed by atoms with van der Waals surface area (Å²) in [6.07, 6.45) is 4.25. The van der Waals surface area contributed by atoms with E-state index in [4.69, 9.17) is 11.6 Å². The molecule has 0 saturated heterocycles. The van der Waals surface area contributed by atoms with Gasteiger partial charge in [-0.05, 0) is 55.0 Å². The lowest BCUT2D eigenvalue weighted by molar-refractivity contribution is 0.102. The smallest absolute Gasteiger partial charge is 0.260 e. The first kappa shape index (κ1) is 14.1. The van der Waals surface area contributed by atoms with Gasteiger partial charge < -0.3 is 5.32 Å². The maximum Gasteiger partial charge on any atom is 0.260 e. The summed E-state index contributed by atoms with van der Waals surface area (Å²) < 4.78 is 13.8. The Hall–Kier alpha value is -1.87. The van der Waals surface area contributed by atoms with E-state index in [2.05, 4.69) is 11.4 Å². The van der Waals surface area contributed by atoms with Crippen LogP contribution in [0, 0.1) is 5.82 Å². The van der Waals surface area contributed by atoms with Gasteiger partial charge in [-0.3, -0.25) is 4.79 Å². The molecule has 1 N–H and O–H groups in total. The lowest BCUT2D eigenvalue weighted by Crippen LogP contribution is -2.17. The first-order chi connectivity index (χ1) is 10.2. The van der Waals surface area contributed by atoms with Gasteiger partial charge in [0.2, 0.25) is 0 Å². The average Bonchev–Trinajstić information content (AvgIpc) is 2.47. The van der Waals surface area contributed by atoms with Gasteiger partial charge in [0.25, 0.3) is 5.91 Å². The SMILES string of the molecule is O=C(Nc1cccc2c1CCCC2)c1c(F)cccc1Cl. The van der Waals surface area contributed by atoms with Crippen molar-refractivity contribution in [1.82, 2.24) is 0 Å². The number of hydrogen-bond donors (Lipinski definition) is 1. The lowest BCUT2D eigenvalue weighted by atomic mass is 9.90. The molecule has 1 aliphatic rings. The van der Waals surface area contributed by atoms with Crippen LogP contribution in [0.15, 0.2) is 36.4 Å². The number of hydrogen-bond acceptors (Lipinski definition) is 1. The van der Waals surface area contributed by atoms with Gasteiger partial charge in [-0.1, -0.05) is 29.8 Å². The van der Waals surface area contributed by atoms with Crippen molar-refractivity contribution in [3.63, 3.8) is 0 Å². The Bertz CT molecular complexity index is 679. The number of amides is 1. The zero-order valence-electron chi connectivity index (χ0n) is 11.5. The molecule has 2 nitrogen and oxygen atoms in total.